The number of nitrogens with one attached hydrogen (secondary N) is 1. The first-order chi connectivity index (χ1) is 23.0. The standard InChI is InChI=1S/C17H12Cl3N3O.C17H13Cl2N3O2/c1-9-14(10-3-5-11(18)6-4-10)15(17(20)23-22-9)16-13(19)7-12(24-2)8-21-16;1-9-14(10-3-5-11(18)6-4-10)15(17(23)22-21-9)16-13(19)7-12(24-2)8-20-16/h3-8H,1-2H3;3-8H,1-2H3,(H,22,23). The van der Waals surface area contributed by atoms with Crippen LogP contribution in [-0.2, 0) is 0 Å². The van der Waals surface area contributed by atoms with Crippen LogP contribution in [0.2, 0.25) is 25.2 Å². The molecule has 0 aliphatic heterocycles. The number of hydrogen-bond donors (Lipinski definition) is 1. The number of H-pyrrole nitrogens is 1. The molecule has 0 unspecified atom stereocenters. The SMILES string of the molecule is COc1cnc(-c2c(-c3ccc(Cl)cc3)c(C)n[nH]c2=O)c(Cl)c1.COc1cnc(-c2c(Cl)nnc(C)c2-c2ccc(Cl)cc2)c(Cl)c1. The summed E-state index contributed by atoms with van der Waals surface area (Å²) in [6.07, 6.45) is 3.10. The molecule has 48 heavy (non-hydrogen) atoms. The zero-order chi connectivity index (χ0) is 34.5. The second-order valence-corrected chi connectivity index (χ2v) is 12.2. The van der Waals surface area contributed by atoms with E-state index in [4.69, 9.17) is 67.5 Å². The lowest BCUT2D eigenvalue weighted by atomic mass is 9.97. The normalized spacial score (nSPS) is 10.7. The molecule has 0 atom stereocenters. The molecule has 0 saturated heterocycles. The number of nitrogens with zero attached hydrogens (tertiary/aromatic N) is 5. The van der Waals surface area contributed by atoms with Gasteiger partial charge in [0.05, 0.1) is 70.6 Å². The maximum Gasteiger partial charge on any atom is 0.274 e. The minimum Gasteiger partial charge on any atom is -0.495 e. The fraction of sp³-hybridized carbons (Fsp3) is 0.118. The van der Waals surface area contributed by atoms with Crippen molar-refractivity contribution in [3.63, 3.8) is 0 Å². The number of aromatic nitrogens is 6. The van der Waals surface area contributed by atoms with Gasteiger partial charge in [-0.2, -0.15) is 10.2 Å². The number of hydrogen-bond acceptors (Lipinski definition) is 8. The molecule has 6 aromatic rings. The van der Waals surface area contributed by atoms with E-state index in [0.717, 1.165) is 16.7 Å². The van der Waals surface area contributed by atoms with Gasteiger partial charge in [-0.3, -0.25) is 14.8 Å². The van der Waals surface area contributed by atoms with Gasteiger partial charge >= 0.3 is 0 Å². The van der Waals surface area contributed by atoms with Crippen molar-refractivity contribution < 1.29 is 9.47 Å². The Morgan fingerprint density at radius 3 is 1.52 bits per heavy atom. The second-order valence-electron chi connectivity index (χ2n) is 10.1. The zero-order valence-corrected chi connectivity index (χ0v) is 29.6. The Hall–Kier alpha value is -4.25. The summed E-state index contributed by atoms with van der Waals surface area (Å²) in [5.41, 5.74) is 6.05. The molecule has 1 N–H and O–H groups in total. The van der Waals surface area contributed by atoms with Crippen LogP contribution in [0.4, 0.5) is 0 Å². The molecule has 0 amide bonds. The van der Waals surface area contributed by atoms with Crippen molar-refractivity contribution in [1.82, 2.24) is 30.4 Å². The highest BCUT2D eigenvalue weighted by molar-refractivity contribution is 6.36. The fourth-order valence-electron chi connectivity index (χ4n) is 4.86. The molecule has 0 aliphatic carbocycles. The average molecular weight is 743 g/mol. The quantitative estimate of drug-likeness (QED) is 0.179. The Kier molecular flexibility index (Phi) is 11.2. The van der Waals surface area contributed by atoms with E-state index in [9.17, 15) is 4.79 Å². The van der Waals surface area contributed by atoms with E-state index in [1.807, 2.05) is 31.2 Å². The summed E-state index contributed by atoms with van der Waals surface area (Å²) in [6, 6.07) is 17.8. The van der Waals surface area contributed by atoms with E-state index in [2.05, 4.69) is 30.4 Å². The Balaban J connectivity index is 0.000000188. The molecule has 2 aromatic carbocycles. The van der Waals surface area contributed by atoms with Gasteiger partial charge in [-0.15, -0.1) is 5.10 Å². The molecule has 0 radical (unpaired) electrons. The van der Waals surface area contributed by atoms with Gasteiger partial charge in [-0.25, -0.2) is 5.10 Å². The topological polar surface area (TPSA) is 116 Å². The van der Waals surface area contributed by atoms with Crippen molar-refractivity contribution in [3.8, 4) is 56.3 Å². The molecule has 6 rings (SSSR count). The van der Waals surface area contributed by atoms with Crippen LogP contribution in [0.5, 0.6) is 11.5 Å². The van der Waals surface area contributed by atoms with E-state index in [-0.39, 0.29) is 10.7 Å². The number of rotatable bonds is 6. The zero-order valence-electron chi connectivity index (χ0n) is 25.8. The number of methoxy groups -OCH3 is 2. The minimum atomic E-state index is -0.370. The van der Waals surface area contributed by atoms with Crippen LogP contribution in [0.15, 0.2) is 77.9 Å². The van der Waals surface area contributed by atoms with Crippen LogP contribution < -0.4 is 15.0 Å². The highest BCUT2D eigenvalue weighted by atomic mass is 35.5. The van der Waals surface area contributed by atoms with E-state index in [1.54, 1.807) is 56.6 Å². The summed E-state index contributed by atoms with van der Waals surface area (Å²) in [6.45, 7) is 3.66. The second kappa shape index (κ2) is 15.3. The minimum absolute atomic E-state index is 0.227. The number of benzene rings is 2. The molecule has 0 spiro atoms. The first kappa shape index (κ1) is 35.1. The maximum absolute atomic E-state index is 12.5. The molecular weight excluding hydrogens is 718 g/mol. The third-order valence-corrected chi connectivity index (χ3v) is 8.46. The van der Waals surface area contributed by atoms with Gasteiger partial charge in [-0.05, 0) is 49.2 Å². The van der Waals surface area contributed by atoms with Crippen molar-refractivity contribution >= 4 is 58.0 Å². The van der Waals surface area contributed by atoms with Gasteiger partial charge in [0.25, 0.3) is 5.56 Å². The molecule has 244 valence electrons. The summed E-state index contributed by atoms with van der Waals surface area (Å²) in [4.78, 5) is 21.1. The molecule has 9 nitrogen and oxygen atoms in total. The van der Waals surface area contributed by atoms with Crippen LogP contribution in [0.3, 0.4) is 0 Å². The largest absolute Gasteiger partial charge is 0.495 e. The Bertz CT molecular complexity index is 2160. The molecule has 4 aromatic heterocycles. The van der Waals surface area contributed by atoms with E-state index < -0.39 is 0 Å². The van der Waals surface area contributed by atoms with Crippen molar-refractivity contribution in [3.05, 3.63) is 120 Å². The lowest BCUT2D eigenvalue weighted by molar-refractivity contribution is 0.413. The van der Waals surface area contributed by atoms with Crippen molar-refractivity contribution in [2.24, 2.45) is 0 Å². The molecule has 0 aliphatic rings. The number of halogens is 5. The lowest BCUT2D eigenvalue weighted by Gasteiger charge is -2.14. The van der Waals surface area contributed by atoms with Crippen LogP contribution >= 0.6 is 58.0 Å². The summed E-state index contributed by atoms with van der Waals surface area (Å²) >= 11 is 31.0. The summed E-state index contributed by atoms with van der Waals surface area (Å²) < 4.78 is 10.3. The predicted octanol–water partition coefficient (Wildman–Crippen LogP) is 9.61. The molecule has 14 heteroatoms. The summed E-state index contributed by atoms with van der Waals surface area (Å²) in [5.74, 6) is 1.07. The number of aryl methyl sites for hydroxylation is 2. The monoisotopic (exact) mass is 740 g/mol. The van der Waals surface area contributed by atoms with Gasteiger partial charge in [0.2, 0.25) is 0 Å². The molecule has 0 saturated carbocycles. The van der Waals surface area contributed by atoms with Crippen molar-refractivity contribution in [2.75, 3.05) is 14.2 Å². The fourth-order valence-corrected chi connectivity index (χ4v) is 5.83. The van der Waals surface area contributed by atoms with E-state index in [1.165, 1.54) is 13.3 Å². The third-order valence-electron chi connectivity index (χ3n) is 7.11. The highest BCUT2D eigenvalue weighted by Crippen LogP contribution is 2.41. The first-order valence-corrected chi connectivity index (χ1v) is 15.9. The third kappa shape index (κ3) is 7.56. The predicted molar refractivity (Wildman–Crippen MR) is 192 cm³/mol. The lowest BCUT2D eigenvalue weighted by Crippen LogP contribution is -2.15. The van der Waals surface area contributed by atoms with Gasteiger partial charge in [0.1, 0.15) is 11.5 Å². The number of ether oxygens (including phenoxy) is 2. The number of aromatic amines is 1. The maximum atomic E-state index is 12.5. The van der Waals surface area contributed by atoms with Crippen molar-refractivity contribution in [2.45, 2.75) is 13.8 Å². The molecule has 0 bridgehead atoms. The molecule has 0 fully saturated rings. The first-order valence-electron chi connectivity index (χ1n) is 14.1. The highest BCUT2D eigenvalue weighted by Gasteiger charge is 2.21. The van der Waals surface area contributed by atoms with Crippen molar-refractivity contribution in [1.29, 1.82) is 0 Å². The van der Waals surface area contributed by atoms with Gasteiger partial charge < -0.3 is 9.47 Å². The van der Waals surface area contributed by atoms with E-state index in [0.29, 0.717) is 71.1 Å². The van der Waals surface area contributed by atoms with Gasteiger partial charge in [-0.1, -0.05) is 82.3 Å². The Morgan fingerprint density at radius 2 is 1.06 bits per heavy atom. The summed E-state index contributed by atoms with van der Waals surface area (Å²) in [5, 5.41) is 16.9. The summed E-state index contributed by atoms with van der Waals surface area (Å²) in [7, 11) is 3.08. The van der Waals surface area contributed by atoms with Crippen LogP contribution in [0.25, 0.3) is 44.8 Å². The molecular formula is C34H25Cl5N6O3. The van der Waals surface area contributed by atoms with E-state index >= 15 is 0 Å². The average Bonchev–Trinajstić information content (AvgIpc) is 3.08. The van der Waals surface area contributed by atoms with Crippen LogP contribution in [0, 0.1) is 13.8 Å². The smallest absolute Gasteiger partial charge is 0.274 e. The Morgan fingerprint density at radius 1 is 0.604 bits per heavy atom. The van der Waals surface area contributed by atoms with Crippen LogP contribution in [0.1, 0.15) is 11.4 Å². The van der Waals surface area contributed by atoms with Crippen LogP contribution in [-0.4, -0.2) is 44.6 Å². The Labute approximate surface area is 300 Å². The molecule has 4 heterocycles. The number of pyridine rings is 2. The van der Waals surface area contributed by atoms with Gasteiger partial charge in [0.15, 0.2) is 5.15 Å². The van der Waals surface area contributed by atoms with Gasteiger partial charge in [0, 0.05) is 33.3 Å².